The number of nitrogens with one attached hydrogen (secondary N) is 1. The Bertz CT molecular complexity index is 874. The normalized spacial score (nSPS) is 23.4. The van der Waals surface area contributed by atoms with Crippen molar-refractivity contribution >= 4 is 5.91 Å². The summed E-state index contributed by atoms with van der Waals surface area (Å²) in [4.78, 5) is 12.8. The summed E-state index contributed by atoms with van der Waals surface area (Å²) in [6.45, 7) is 3.58. The van der Waals surface area contributed by atoms with E-state index in [9.17, 15) is 30.3 Å². The summed E-state index contributed by atoms with van der Waals surface area (Å²) in [5, 5.41) is 53.4. The highest BCUT2D eigenvalue weighted by molar-refractivity contribution is 5.76. The third-order valence-corrected chi connectivity index (χ3v) is 8.40. The minimum atomic E-state index is -1.57. The molecule has 1 amide bonds. The van der Waals surface area contributed by atoms with Gasteiger partial charge in [0.25, 0.3) is 0 Å². The molecule has 47 heavy (non-hydrogen) atoms. The molecule has 6 N–H and O–H groups in total. The van der Waals surface area contributed by atoms with Gasteiger partial charge >= 0.3 is 0 Å². The molecule has 1 saturated heterocycles. The number of allylic oxidation sites excluding steroid dienone is 7. The van der Waals surface area contributed by atoms with Gasteiger partial charge in [0.2, 0.25) is 5.91 Å². The van der Waals surface area contributed by atoms with Crippen LogP contribution in [0.2, 0.25) is 0 Å². The average Bonchev–Trinajstić information content (AvgIpc) is 3.07. The summed E-state index contributed by atoms with van der Waals surface area (Å²) in [5.41, 5.74) is 0. The Hall–Kier alpha value is -1.85. The Labute approximate surface area is 284 Å². The predicted molar refractivity (Wildman–Crippen MR) is 189 cm³/mol. The second kappa shape index (κ2) is 29.1. The molecular formula is C38H67NO8. The molecular weight excluding hydrogens is 598 g/mol. The van der Waals surface area contributed by atoms with Crippen molar-refractivity contribution in [3.63, 3.8) is 0 Å². The fraction of sp³-hybridized carbons (Fsp3) is 0.763. The zero-order valence-corrected chi connectivity index (χ0v) is 29.3. The second-order valence-corrected chi connectivity index (χ2v) is 12.7. The number of ether oxygens (including phenoxy) is 2. The lowest BCUT2D eigenvalue weighted by atomic mass is 9.99. The summed E-state index contributed by atoms with van der Waals surface area (Å²) in [5.74, 6) is -0.201. The number of rotatable bonds is 28. The lowest BCUT2D eigenvalue weighted by Gasteiger charge is -2.40. The fourth-order valence-electron chi connectivity index (χ4n) is 5.33. The number of hydrogen-bond acceptors (Lipinski definition) is 8. The summed E-state index contributed by atoms with van der Waals surface area (Å²) < 4.78 is 11.1. The molecule has 0 aromatic carbocycles. The van der Waals surface area contributed by atoms with Crippen LogP contribution >= 0.6 is 0 Å². The number of amides is 1. The molecule has 7 atom stereocenters. The number of aliphatic hydroxyl groups excluding tert-OH is 5. The molecule has 9 nitrogen and oxygen atoms in total. The maximum atomic E-state index is 12.8. The van der Waals surface area contributed by atoms with Gasteiger partial charge in [-0.25, -0.2) is 0 Å². The molecule has 1 heterocycles. The van der Waals surface area contributed by atoms with Crippen LogP contribution in [0.15, 0.2) is 48.6 Å². The minimum Gasteiger partial charge on any atom is -0.394 e. The molecule has 7 unspecified atom stereocenters. The molecule has 1 aliphatic rings. The molecule has 0 bridgehead atoms. The molecule has 1 fully saturated rings. The van der Waals surface area contributed by atoms with E-state index in [-0.39, 0.29) is 12.5 Å². The van der Waals surface area contributed by atoms with Gasteiger partial charge in [-0.05, 0) is 57.8 Å². The van der Waals surface area contributed by atoms with Gasteiger partial charge in [0.15, 0.2) is 6.29 Å². The minimum absolute atomic E-state index is 0.198. The van der Waals surface area contributed by atoms with Crippen molar-refractivity contribution in [2.24, 2.45) is 0 Å². The van der Waals surface area contributed by atoms with Gasteiger partial charge in [-0.2, -0.15) is 0 Å². The zero-order chi connectivity index (χ0) is 34.5. The number of unbranched alkanes of at least 4 members (excludes halogenated alkanes) is 12. The average molecular weight is 666 g/mol. The zero-order valence-electron chi connectivity index (χ0n) is 29.3. The van der Waals surface area contributed by atoms with E-state index in [0.29, 0.717) is 6.42 Å². The molecule has 0 radical (unpaired) electrons. The first-order valence-corrected chi connectivity index (χ1v) is 18.4. The van der Waals surface area contributed by atoms with Crippen LogP contribution in [0, 0.1) is 0 Å². The standard InChI is InChI=1S/C38H67NO8/c1-3-5-7-9-10-11-12-13-14-15-16-17-18-19-20-21-22-24-26-28-34(42)39-31(32(41)27-25-23-8-6-4-2)30-46-38-37(45)36(44)35(43)33(29-40)47-38/h10-11,13-14,16-17,25,27,31-33,35-38,40-41,43-45H,3-9,12,15,18-24,26,28-30H2,1-2H3,(H,39,42)/b11-10-,14-13-,17-16-,27-25+. The molecule has 0 aromatic heterocycles. The molecule has 0 spiro atoms. The maximum Gasteiger partial charge on any atom is 0.220 e. The van der Waals surface area contributed by atoms with Crippen LogP contribution in [-0.2, 0) is 14.3 Å². The molecule has 0 saturated carbocycles. The number of aliphatic hydroxyl groups is 5. The summed E-state index contributed by atoms with van der Waals surface area (Å²) >= 11 is 0. The summed E-state index contributed by atoms with van der Waals surface area (Å²) in [6, 6.07) is -0.807. The third-order valence-electron chi connectivity index (χ3n) is 8.40. The number of carbonyl (C=O) groups excluding carboxylic acids is 1. The van der Waals surface area contributed by atoms with Crippen LogP contribution in [0.4, 0.5) is 0 Å². The van der Waals surface area contributed by atoms with E-state index in [1.54, 1.807) is 6.08 Å². The summed E-state index contributed by atoms with van der Waals surface area (Å²) in [7, 11) is 0. The second-order valence-electron chi connectivity index (χ2n) is 12.7. The van der Waals surface area contributed by atoms with E-state index in [1.807, 2.05) is 6.08 Å². The third kappa shape index (κ3) is 21.0. The van der Waals surface area contributed by atoms with Gasteiger partial charge in [-0.3, -0.25) is 4.79 Å². The Balaban J connectivity index is 2.33. The van der Waals surface area contributed by atoms with Crippen LogP contribution in [0.3, 0.4) is 0 Å². The van der Waals surface area contributed by atoms with E-state index in [2.05, 4.69) is 55.6 Å². The topological polar surface area (TPSA) is 149 Å². The van der Waals surface area contributed by atoms with Crippen molar-refractivity contribution in [2.75, 3.05) is 13.2 Å². The highest BCUT2D eigenvalue weighted by atomic mass is 16.7. The number of carbonyl (C=O) groups is 1. The van der Waals surface area contributed by atoms with Gasteiger partial charge in [-0.15, -0.1) is 0 Å². The Kier molecular flexibility index (Phi) is 26.7. The first-order valence-electron chi connectivity index (χ1n) is 18.4. The lowest BCUT2D eigenvalue weighted by molar-refractivity contribution is -0.302. The smallest absolute Gasteiger partial charge is 0.220 e. The van der Waals surface area contributed by atoms with Gasteiger partial charge in [0.1, 0.15) is 24.4 Å². The Morgan fingerprint density at radius 3 is 1.85 bits per heavy atom. The first-order chi connectivity index (χ1) is 22.8. The van der Waals surface area contributed by atoms with Crippen LogP contribution in [-0.4, -0.2) is 87.5 Å². The Morgan fingerprint density at radius 1 is 0.723 bits per heavy atom. The molecule has 1 rings (SSSR count). The van der Waals surface area contributed by atoms with Gasteiger partial charge in [-0.1, -0.05) is 114 Å². The van der Waals surface area contributed by atoms with E-state index in [0.717, 1.165) is 70.6 Å². The van der Waals surface area contributed by atoms with Crippen molar-refractivity contribution in [1.82, 2.24) is 5.32 Å². The highest BCUT2D eigenvalue weighted by Gasteiger charge is 2.44. The Morgan fingerprint density at radius 2 is 1.26 bits per heavy atom. The van der Waals surface area contributed by atoms with Crippen LogP contribution in [0.5, 0.6) is 0 Å². The molecule has 0 aromatic rings. The van der Waals surface area contributed by atoms with E-state index in [1.165, 1.54) is 38.5 Å². The van der Waals surface area contributed by atoms with Gasteiger partial charge in [0.05, 0.1) is 25.4 Å². The fourth-order valence-corrected chi connectivity index (χ4v) is 5.33. The van der Waals surface area contributed by atoms with Crippen LogP contribution in [0.1, 0.15) is 129 Å². The van der Waals surface area contributed by atoms with Crippen molar-refractivity contribution in [3.8, 4) is 0 Å². The van der Waals surface area contributed by atoms with E-state index >= 15 is 0 Å². The maximum absolute atomic E-state index is 12.8. The van der Waals surface area contributed by atoms with Gasteiger partial charge in [0, 0.05) is 6.42 Å². The van der Waals surface area contributed by atoms with E-state index < -0.39 is 49.5 Å². The molecule has 9 heteroatoms. The molecule has 272 valence electrons. The first kappa shape index (κ1) is 43.2. The monoisotopic (exact) mass is 665 g/mol. The van der Waals surface area contributed by atoms with Crippen molar-refractivity contribution in [1.29, 1.82) is 0 Å². The number of hydrogen-bond donors (Lipinski definition) is 6. The van der Waals surface area contributed by atoms with Gasteiger partial charge < -0.3 is 40.3 Å². The molecule has 0 aliphatic carbocycles. The van der Waals surface area contributed by atoms with Crippen LogP contribution in [0.25, 0.3) is 0 Å². The summed E-state index contributed by atoms with van der Waals surface area (Å²) in [6.07, 6.45) is 27.7. The SMILES string of the molecule is CCCCC/C=C\C/C=C\C/C=C\CCCCCCCCC(=O)NC(COC1OC(CO)C(O)C(O)C1O)C(O)/C=C/CCCCC. The van der Waals surface area contributed by atoms with E-state index in [4.69, 9.17) is 9.47 Å². The largest absolute Gasteiger partial charge is 0.394 e. The molecule has 1 aliphatic heterocycles. The van der Waals surface area contributed by atoms with Crippen LogP contribution < -0.4 is 5.32 Å². The van der Waals surface area contributed by atoms with Crippen molar-refractivity contribution in [3.05, 3.63) is 48.6 Å². The highest BCUT2D eigenvalue weighted by Crippen LogP contribution is 2.22. The quantitative estimate of drug-likeness (QED) is 0.0445. The van der Waals surface area contributed by atoms with Crippen molar-refractivity contribution in [2.45, 2.75) is 172 Å². The lowest BCUT2D eigenvalue weighted by Crippen LogP contribution is -2.60. The van der Waals surface area contributed by atoms with Crippen molar-refractivity contribution < 1.29 is 39.8 Å². The predicted octanol–water partition coefficient (Wildman–Crippen LogP) is 5.94.